The van der Waals surface area contributed by atoms with Crippen LogP contribution in [0.1, 0.15) is 12.8 Å². The van der Waals surface area contributed by atoms with Gasteiger partial charge in [-0.05, 0) is 50.2 Å². The second-order valence-electron chi connectivity index (χ2n) is 7.85. The lowest BCUT2D eigenvalue weighted by atomic mass is 10.2. The molecule has 1 aromatic carbocycles. The van der Waals surface area contributed by atoms with Gasteiger partial charge in [-0.3, -0.25) is 19.0 Å². The van der Waals surface area contributed by atoms with E-state index in [2.05, 4.69) is 20.0 Å². The van der Waals surface area contributed by atoms with Crippen LogP contribution in [0.2, 0.25) is 0 Å². The lowest BCUT2D eigenvalue weighted by Crippen LogP contribution is -2.29. The van der Waals surface area contributed by atoms with E-state index in [1.165, 1.54) is 12.8 Å². The van der Waals surface area contributed by atoms with E-state index in [1.54, 1.807) is 40.1 Å². The van der Waals surface area contributed by atoms with Crippen molar-refractivity contribution in [2.24, 2.45) is 7.05 Å². The number of aryl methyl sites for hydroxylation is 1. The molecule has 158 valence electrons. The van der Waals surface area contributed by atoms with E-state index in [-0.39, 0.29) is 5.56 Å². The molecule has 4 heterocycles. The second kappa shape index (κ2) is 8.31. The monoisotopic (exact) mass is 416 g/mol. The third-order valence-corrected chi connectivity index (χ3v) is 5.62. The number of pyridine rings is 1. The summed E-state index contributed by atoms with van der Waals surface area (Å²) < 4.78 is 9.46. The van der Waals surface area contributed by atoms with Crippen molar-refractivity contribution in [3.05, 3.63) is 65.6 Å². The number of rotatable bonds is 6. The fourth-order valence-electron chi connectivity index (χ4n) is 3.94. The van der Waals surface area contributed by atoms with Crippen molar-refractivity contribution in [3.63, 3.8) is 0 Å². The van der Waals surface area contributed by atoms with Gasteiger partial charge in [0.2, 0.25) is 0 Å². The number of ether oxygens (including phenoxy) is 1. The van der Waals surface area contributed by atoms with E-state index >= 15 is 0 Å². The van der Waals surface area contributed by atoms with Crippen LogP contribution in [0.5, 0.6) is 11.5 Å². The zero-order chi connectivity index (χ0) is 21.2. The first-order valence-corrected chi connectivity index (χ1v) is 10.5. The molecular weight excluding hydrogens is 392 g/mol. The fourth-order valence-corrected chi connectivity index (χ4v) is 3.94. The number of fused-ring (bicyclic) bond motifs is 1. The van der Waals surface area contributed by atoms with Gasteiger partial charge in [0.25, 0.3) is 5.56 Å². The average molecular weight is 416 g/mol. The molecule has 0 atom stereocenters. The van der Waals surface area contributed by atoms with Gasteiger partial charge in [-0.15, -0.1) is 0 Å². The van der Waals surface area contributed by atoms with Crippen LogP contribution in [0.3, 0.4) is 0 Å². The molecule has 0 amide bonds. The summed E-state index contributed by atoms with van der Waals surface area (Å²) in [5.74, 6) is 1.23. The Balaban J connectivity index is 1.39. The van der Waals surface area contributed by atoms with Crippen molar-refractivity contribution in [2.45, 2.75) is 19.4 Å². The van der Waals surface area contributed by atoms with Crippen LogP contribution in [0.15, 0.2) is 60.0 Å². The highest BCUT2D eigenvalue weighted by Gasteiger charge is 2.13. The van der Waals surface area contributed by atoms with Gasteiger partial charge in [0, 0.05) is 44.2 Å². The summed E-state index contributed by atoms with van der Waals surface area (Å²) in [4.78, 5) is 24.3. The van der Waals surface area contributed by atoms with Crippen LogP contribution in [0.25, 0.3) is 22.2 Å². The maximum absolute atomic E-state index is 13.0. The zero-order valence-corrected chi connectivity index (χ0v) is 17.4. The van der Waals surface area contributed by atoms with E-state index in [1.807, 2.05) is 31.4 Å². The molecule has 8 nitrogen and oxygen atoms in total. The molecule has 0 aliphatic carbocycles. The van der Waals surface area contributed by atoms with Crippen LogP contribution in [-0.2, 0) is 13.6 Å². The van der Waals surface area contributed by atoms with E-state index in [0.29, 0.717) is 28.9 Å². The molecule has 5 rings (SSSR count). The Kier molecular flexibility index (Phi) is 5.21. The van der Waals surface area contributed by atoms with Crippen molar-refractivity contribution in [1.29, 1.82) is 0 Å². The van der Waals surface area contributed by atoms with Gasteiger partial charge in [0.15, 0.2) is 0 Å². The molecule has 0 unspecified atom stereocenters. The highest BCUT2D eigenvalue weighted by Crippen LogP contribution is 2.26. The van der Waals surface area contributed by atoms with Crippen molar-refractivity contribution < 1.29 is 4.74 Å². The molecule has 31 heavy (non-hydrogen) atoms. The summed E-state index contributed by atoms with van der Waals surface area (Å²) >= 11 is 0. The first kappa shape index (κ1) is 19.4. The van der Waals surface area contributed by atoms with Crippen LogP contribution in [0.4, 0.5) is 0 Å². The Morgan fingerprint density at radius 1 is 1.03 bits per heavy atom. The minimum atomic E-state index is -0.0413. The molecular formula is C23H24N6O2. The van der Waals surface area contributed by atoms with Crippen molar-refractivity contribution in [2.75, 3.05) is 19.6 Å². The van der Waals surface area contributed by atoms with Crippen LogP contribution in [0, 0.1) is 0 Å². The normalized spacial score (nSPS) is 14.4. The number of likely N-dealkylation sites (tertiary alicyclic amines) is 1. The number of aromatic nitrogens is 5. The largest absolute Gasteiger partial charge is 0.457 e. The highest BCUT2D eigenvalue weighted by molar-refractivity contribution is 5.79. The third-order valence-electron chi connectivity index (χ3n) is 5.62. The summed E-state index contributed by atoms with van der Waals surface area (Å²) in [6, 6.07) is 9.06. The average Bonchev–Trinajstić information content (AvgIpc) is 3.46. The first-order chi connectivity index (χ1) is 15.2. The van der Waals surface area contributed by atoms with E-state index in [4.69, 9.17) is 4.74 Å². The molecule has 0 bridgehead atoms. The molecule has 4 aromatic rings. The van der Waals surface area contributed by atoms with E-state index < -0.39 is 0 Å². The van der Waals surface area contributed by atoms with Gasteiger partial charge < -0.3 is 9.64 Å². The smallest absolute Gasteiger partial charge is 0.261 e. The molecule has 0 N–H and O–H groups in total. The number of benzene rings is 1. The topological polar surface area (TPSA) is 78.1 Å². The molecule has 0 saturated carbocycles. The van der Waals surface area contributed by atoms with Crippen molar-refractivity contribution in [1.82, 2.24) is 29.2 Å². The minimum Gasteiger partial charge on any atom is -0.457 e. The van der Waals surface area contributed by atoms with Crippen molar-refractivity contribution >= 4 is 10.9 Å². The maximum Gasteiger partial charge on any atom is 0.261 e. The highest BCUT2D eigenvalue weighted by atomic mass is 16.5. The Morgan fingerprint density at radius 3 is 2.68 bits per heavy atom. The quantitative estimate of drug-likeness (QED) is 0.481. The molecule has 0 radical (unpaired) electrons. The van der Waals surface area contributed by atoms with Gasteiger partial charge in [0.1, 0.15) is 11.5 Å². The van der Waals surface area contributed by atoms with Crippen molar-refractivity contribution in [3.8, 4) is 22.8 Å². The van der Waals surface area contributed by atoms with E-state index in [0.717, 1.165) is 30.9 Å². The van der Waals surface area contributed by atoms with Crippen LogP contribution < -0.4 is 10.3 Å². The molecule has 1 aliphatic heterocycles. The Bertz CT molecular complexity index is 1270. The second-order valence-corrected chi connectivity index (χ2v) is 7.85. The van der Waals surface area contributed by atoms with Gasteiger partial charge in [-0.1, -0.05) is 0 Å². The number of hydrogen-bond donors (Lipinski definition) is 0. The Hall–Kier alpha value is -3.52. The predicted molar refractivity (Wildman–Crippen MR) is 118 cm³/mol. The Morgan fingerprint density at radius 2 is 1.87 bits per heavy atom. The Labute approximate surface area is 179 Å². The van der Waals surface area contributed by atoms with Gasteiger partial charge in [0.05, 0.1) is 29.1 Å². The summed E-state index contributed by atoms with van der Waals surface area (Å²) in [6.07, 6.45) is 9.49. The first-order valence-electron chi connectivity index (χ1n) is 10.5. The minimum absolute atomic E-state index is 0.0413. The fraction of sp³-hybridized carbons (Fsp3) is 0.304. The lowest BCUT2D eigenvalue weighted by Gasteiger charge is -2.15. The van der Waals surface area contributed by atoms with Crippen LogP contribution >= 0.6 is 0 Å². The molecule has 0 spiro atoms. The number of hydrogen-bond acceptors (Lipinski definition) is 6. The molecule has 3 aromatic heterocycles. The molecule has 1 fully saturated rings. The third kappa shape index (κ3) is 4.20. The van der Waals surface area contributed by atoms with Gasteiger partial charge in [-0.2, -0.15) is 5.10 Å². The molecule has 1 aliphatic rings. The SMILES string of the molecule is Cn1cc(-c2cc(Oc3ccc4ncn(CCN5CCCC5)c(=O)c4c3)ccn2)cn1. The predicted octanol–water partition coefficient (Wildman–Crippen LogP) is 3.08. The zero-order valence-electron chi connectivity index (χ0n) is 17.4. The maximum atomic E-state index is 13.0. The van der Waals surface area contributed by atoms with Crippen LogP contribution in [-0.4, -0.2) is 48.8 Å². The summed E-state index contributed by atoms with van der Waals surface area (Å²) in [5.41, 5.74) is 2.31. The van der Waals surface area contributed by atoms with Gasteiger partial charge >= 0.3 is 0 Å². The molecule has 8 heteroatoms. The van der Waals surface area contributed by atoms with E-state index in [9.17, 15) is 4.79 Å². The lowest BCUT2D eigenvalue weighted by molar-refractivity contribution is 0.320. The standard InChI is InChI=1S/C23H24N6O2/c1-27-15-17(14-26-27)22-13-19(6-7-24-22)31-18-4-5-21-20(12-18)23(30)29(16-25-21)11-10-28-8-2-3-9-28/h4-7,12-16H,2-3,8-11H2,1H3. The summed E-state index contributed by atoms with van der Waals surface area (Å²) in [7, 11) is 1.87. The summed E-state index contributed by atoms with van der Waals surface area (Å²) in [6.45, 7) is 3.74. The summed E-state index contributed by atoms with van der Waals surface area (Å²) in [5, 5.41) is 4.75. The molecule has 1 saturated heterocycles. The van der Waals surface area contributed by atoms with Gasteiger partial charge in [-0.25, -0.2) is 4.98 Å². The number of nitrogens with zero attached hydrogens (tertiary/aromatic N) is 6.